The zero-order chi connectivity index (χ0) is 16.6. The van der Waals surface area contributed by atoms with Crippen molar-refractivity contribution in [1.82, 2.24) is 15.1 Å². The van der Waals surface area contributed by atoms with E-state index in [1.54, 1.807) is 0 Å². The predicted octanol–water partition coefficient (Wildman–Crippen LogP) is 2.88. The van der Waals surface area contributed by atoms with E-state index in [1.807, 2.05) is 4.90 Å². The molecule has 1 aliphatic carbocycles. The quantitative estimate of drug-likeness (QED) is 0.811. The van der Waals surface area contributed by atoms with Gasteiger partial charge < -0.3 is 15.1 Å². The molecule has 0 aromatic heterocycles. The third kappa shape index (κ3) is 5.73. The highest BCUT2D eigenvalue weighted by atomic mass is 16.2. The standard InChI is InChI=1S/C20H37N3O/c24-20(23-16-11-21-12-17-23)10-15-22-13-8-19(9-14-22)7-6-18-4-2-1-3-5-18/h18-19,21H,1-17H2. The fourth-order valence-electron chi connectivity index (χ4n) is 4.77. The molecule has 0 bridgehead atoms. The molecule has 0 unspecified atom stereocenters. The normalized spacial score (nSPS) is 25.1. The predicted molar refractivity (Wildman–Crippen MR) is 99.0 cm³/mol. The van der Waals surface area contributed by atoms with Crippen molar-refractivity contribution in [3.63, 3.8) is 0 Å². The Balaban J connectivity index is 1.27. The summed E-state index contributed by atoms with van der Waals surface area (Å²) in [6.45, 7) is 7.09. The Hall–Kier alpha value is -0.610. The zero-order valence-corrected chi connectivity index (χ0v) is 15.5. The Kier molecular flexibility index (Phi) is 7.40. The van der Waals surface area contributed by atoms with Gasteiger partial charge in [-0.2, -0.15) is 0 Å². The van der Waals surface area contributed by atoms with Crippen molar-refractivity contribution < 1.29 is 4.79 Å². The van der Waals surface area contributed by atoms with Crippen molar-refractivity contribution in [2.24, 2.45) is 11.8 Å². The van der Waals surface area contributed by atoms with Gasteiger partial charge in [0.25, 0.3) is 0 Å². The number of nitrogens with zero attached hydrogens (tertiary/aromatic N) is 2. The molecule has 24 heavy (non-hydrogen) atoms. The van der Waals surface area contributed by atoms with E-state index in [-0.39, 0.29) is 0 Å². The summed E-state index contributed by atoms with van der Waals surface area (Å²) < 4.78 is 0. The number of amides is 1. The summed E-state index contributed by atoms with van der Waals surface area (Å²) in [6.07, 6.45) is 13.8. The molecule has 1 amide bonds. The molecule has 0 radical (unpaired) electrons. The molecule has 1 saturated carbocycles. The lowest BCUT2D eigenvalue weighted by Gasteiger charge is -2.34. The van der Waals surface area contributed by atoms with E-state index in [0.29, 0.717) is 12.3 Å². The van der Waals surface area contributed by atoms with E-state index in [9.17, 15) is 4.79 Å². The molecular weight excluding hydrogens is 298 g/mol. The summed E-state index contributed by atoms with van der Waals surface area (Å²) >= 11 is 0. The van der Waals surface area contributed by atoms with E-state index in [1.165, 1.54) is 70.9 Å². The summed E-state index contributed by atoms with van der Waals surface area (Å²) in [6, 6.07) is 0. The highest BCUT2D eigenvalue weighted by Gasteiger charge is 2.22. The molecule has 1 N–H and O–H groups in total. The number of piperazine rings is 1. The van der Waals surface area contributed by atoms with Gasteiger partial charge in [0.1, 0.15) is 0 Å². The van der Waals surface area contributed by atoms with Crippen LogP contribution in [0.25, 0.3) is 0 Å². The van der Waals surface area contributed by atoms with E-state index in [4.69, 9.17) is 0 Å². The first-order chi connectivity index (χ1) is 11.8. The zero-order valence-electron chi connectivity index (χ0n) is 15.5. The lowest BCUT2D eigenvalue weighted by molar-refractivity contribution is -0.132. The maximum atomic E-state index is 12.3. The van der Waals surface area contributed by atoms with Gasteiger partial charge in [0, 0.05) is 39.1 Å². The summed E-state index contributed by atoms with van der Waals surface area (Å²) in [4.78, 5) is 16.8. The van der Waals surface area contributed by atoms with Gasteiger partial charge in [0.05, 0.1) is 0 Å². The van der Waals surface area contributed by atoms with Crippen LogP contribution in [0.5, 0.6) is 0 Å². The van der Waals surface area contributed by atoms with Gasteiger partial charge in [-0.3, -0.25) is 4.79 Å². The van der Waals surface area contributed by atoms with Gasteiger partial charge in [-0.25, -0.2) is 0 Å². The molecule has 2 heterocycles. The number of likely N-dealkylation sites (tertiary alicyclic amines) is 1. The van der Waals surface area contributed by atoms with Crippen LogP contribution in [0.1, 0.15) is 64.2 Å². The number of carbonyl (C=O) groups excluding carboxylic acids is 1. The van der Waals surface area contributed by atoms with Gasteiger partial charge in [-0.1, -0.05) is 44.9 Å². The van der Waals surface area contributed by atoms with Crippen molar-refractivity contribution in [3.8, 4) is 0 Å². The molecule has 2 saturated heterocycles. The summed E-state index contributed by atoms with van der Waals surface area (Å²) in [5.41, 5.74) is 0. The topological polar surface area (TPSA) is 35.6 Å². The van der Waals surface area contributed by atoms with Gasteiger partial charge in [-0.05, 0) is 37.8 Å². The second-order valence-corrected chi connectivity index (χ2v) is 8.25. The molecule has 0 aromatic rings. The first kappa shape index (κ1) is 18.2. The van der Waals surface area contributed by atoms with E-state index in [2.05, 4.69) is 10.2 Å². The van der Waals surface area contributed by atoms with Gasteiger partial charge in [0.15, 0.2) is 0 Å². The fourth-order valence-corrected chi connectivity index (χ4v) is 4.77. The third-order valence-corrected chi connectivity index (χ3v) is 6.53. The van der Waals surface area contributed by atoms with Crippen LogP contribution in [0.2, 0.25) is 0 Å². The van der Waals surface area contributed by atoms with Crippen molar-refractivity contribution in [3.05, 3.63) is 0 Å². The Bertz CT molecular complexity index is 367. The second kappa shape index (κ2) is 9.76. The lowest BCUT2D eigenvalue weighted by Crippen LogP contribution is -2.47. The second-order valence-electron chi connectivity index (χ2n) is 8.25. The smallest absolute Gasteiger partial charge is 0.223 e. The van der Waals surface area contributed by atoms with E-state index >= 15 is 0 Å². The van der Waals surface area contributed by atoms with Crippen LogP contribution in [-0.2, 0) is 4.79 Å². The first-order valence-electron chi connectivity index (χ1n) is 10.5. The fraction of sp³-hybridized carbons (Fsp3) is 0.950. The number of hydrogen-bond donors (Lipinski definition) is 1. The number of carbonyl (C=O) groups is 1. The number of piperidine rings is 1. The molecule has 0 spiro atoms. The molecule has 3 rings (SSSR count). The third-order valence-electron chi connectivity index (χ3n) is 6.53. The van der Waals surface area contributed by atoms with Crippen LogP contribution in [0.4, 0.5) is 0 Å². The Morgan fingerprint density at radius 1 is 0.833 bits per heavy atom. The molecule has 0 aromatic carbocycles. The van der Waals surface area contributed by atoms with E-state index < -0.39 is 0 Å². The molecule has 138 valence electrons. The Morgan fingerprint density at radius 3 is 2.12 bits per heavy atom. The minimum Gasteiger partial charge on any atom is -0.340 e. The molecule has 4 heteroatoms. The monoisotopic (exact) mass is 335 g/mol. The van der Waals surface area contributed by atoms with Crippen LogP contribution < -0.4 is 5.32 Å². The van der Waals surface area contributed by atoms with Gasteiger partial charge in [0.2, 0.25) is 5.91 Å². The van der Waals surface area contributed by atoms with Crippen molar-refractivity contribution in [2.45, 2.75) is 64.2 Å². The van der Waals surface area contributed by atoms with Crippen LogP contribution in [0.15, 0.2) is 0 Å². The summed E-state index contributed by atoms with van der Waals surface area (Å²) in [5.74, 6) is 2.34. The van der Waals surface area contributed by atoms with Crippen molar-refractivity contribution in [2.75, 3.05) is 45.8 Å². The summed E-state index contributed by atoms with van der Waals surface area (Å²) in [5, 5.41) is 3.31. The minimum absolute atomic E-state index is 0.357. The highest BCUT2D eigenvalue weighted by Crippen LogP contribution is 2.31. The number of nitrogens with one attached hydrogen (secondary N) is 1. The summed E-state index contributed by atoms with van der Waals surface area (Å²) in [7, 11) is 0. The molecule has 2 aliphatic heterocycles. The Morgan fingerprint density at radius 2 is 1.46 bits per heavy atom. The van der Waals surface area contributed by atoms with Crippen LogP contribution >= 0.6 is 0 Å². The maximum Gasteiger partial charge on any atom is 0.223 e. The first-order valence-corrected chi connectivity index (χ1v) is 10.5. The SMILES string of the molecule is O=C(CCN1CCC(CCC2CCCCC2)CC1)N1CCNCC1. The van der Waals surface area contributed by atoms with E-state index in [0.717, 1.165) is 44.6 Å². The average Bonchev–Trinajstić information content (AvgIpc) is 2.67. The lowest BCUT2D eigenvalue weighted by atomic mass is 9.82. The molecule has 3 fully saturated rings. The average molecular weight is 336 g/mol. The van der Waals surface area contributed by atoms with Crippen molar-refractivity contribution >= 4 is 5.91 Å². The molecule has 4 nitrogen and oxygen atoms in total. The molecular formula is C20H37N3O. The molecule has 0 atom stereocenters. The minimum atomic E-state index is 0.357. The van der Waals surface area contributed by atoms with Crippen LogP contribution in [-0.4, -0.2) is 61.5 Å². The maximum absolute atomic E-state index is 12.3. The largest absolute Gasteiger partial charge is 0.340 e. The number of rotatable bonds is 6. The molecule has 3 aliphatic rings. The highest BCUT2D eigenvalue weighted by molar-refractivity contribution is 5.76. The van der Waals surface area contributed by atoms with Crippen LogP contribution in [0, 0.1) is 11.8 Å². The van der Waals surface area contributed by atoms with Crippen LogP contribution in [0.3, 0.4) is 0 Å². The Labute approximate surface area is 148 Å². The van der Waals surface area contributed by atoms with Crippen molar-refractivity contribution in [1.29, 1.82) is 0 Å². The number of hydrogen-bond acceptors (Lipinski definition) is 3. The van der Waals surface area contributed by atoms with Gasteiger partial charge in [-0.15, -0.1) is 0 Å². The van der Waals surface area contributed by atoms with Gasteiger partial charge >= 0.3 is 0 Å².